The Kier molecular flexibility index (Phi) is 5.08. The molecule has 2 atom stereocenters. The van der Waals surface area contributed by atoms with Crippen LogP contribution in [0, 0.1) is 5.92 Å². The normalized spacial score (nSPS) is 27.8. The highest BCUT2D eigenvalue weighted by Crippen LogP contribution is 2.33. The molecule has 1 aliphatic carbocycles. The lowest BCUT2D eigenvalue weighted by atomic mass is 10.2. The molecule has 0 radical (unpaired) electrons. The quantitative estimate of drug-likeness (QED) is 0.765. The molecule has 0 spiro atoms. The van der Waals surface area contributed by atoms with E-state index in [4.69, 9.17) is 9.47 Å². The van der Waals surface area contributed by atoms with Crippen molar-refractivity contribution in [2.75, 3.05) is 45.9 Å². The Bertz CT molecular complexity index is 781. The van der Waals surface area contributed by atoms with Crippen molar-refractivity contribution in [2.45, 2.75) is 37.8 Å². The molecule has 0 bridgehead atoms. The summed E-state index contributed by atoms with van der Waals surface area (Å²) in [5.74, 6) is 2.32. The maximum Gasteiger partial charge on any atom is 0.267 e. The number of nitrogens with zero attached hydrogens (tertiary/aromatic N) is 3. The first-order valence-corrected chi connectivity index (χ1v) is 10.9. The zero-order valence-electron chi connectivity index (χ0n) is 16.8. The number of hydrogen-bond acceptors (Lipinski definition) is 5. The van der Waals surface area contributed by atoms with Gasteiger partial charge in [-0.3, -0.25) is 14.5 Å². The van der Waals surface area contributed by atoms with Crippen LogP contribution in [0.5, 0.6) is 11.5 Å². The van der Waals surface area contributed by atoms with E-state index in [0.717, 1.165) is 44.9 Å². The van der Waals surface area contributed by atoms with E-state index in [1.807, 2.05) is 29.2 Å². The van der Waals surface area contributed by atoms with Gasteiger partial charge in [0, 0.05) is 39.3 Å². The lowest BCUT2D eigenvalue weighted by molar-refractivity contribution is -0.141. The number of benzene rings is 1. The van der Waals surface area contributed by atoms with Gasteiger partial charge in [0.15, 0.2) is 11.5 Å². The Balaban J connectivity index is 1.17. The molecule has 29 heavy (non-hydrogen) atoms. The molecule has 4 aliphatic rings. The number of fused-ring (bicyclic) bond motifs is 1. The predicted octanol–water partition coefficient (Wildman–Crippen LogP) is 1.37. The molecule has 2 saturated heterocycles. The number of carbonyl (C=O) groups excluding carboxylic acids is 2. The summed E-state index contributed by atoms with van der Waals surface area (Å²) in [5.41, 5.74) is 0. The van der Waals surface area contributed by atoms with E-state index in [0.29, 0.717) is 24.6 Å². The van der Waals surface area contributed by atoms with E-state index in [2.05, 4.69) is 9.80 Å². The molecule has 1 aromatic carbocycles. The fourth-order valence-electron chi connectivity index (χ4n) is 4.67. The first kappa shape index (κ1) is 18.7. The maximum atomic E-state index is 13.0. The van der Waals surface area contributed by atoms with Crippen molar-refractivity contribution >= 4 is 11.8 Å². The van der Waals surface area contributed by atoms with Crippen molar-refractivity contribution in [1.29, 1.82) is 0 Å². The molecule has 2 unspecified atom stereocenters. The Morgan fingerprint density at radius 1 is 1.00 bits per heavy atom. The average Bonchev–Trinajstić information content (AvgIpc) is 3.54. The van der Waals surface area contributed by atoms with Crippen LogP contribution in [0.15, 0.2) is 24.3 Å². The van der Waals surface area contributed by atoms with Crippen molar-refractivity contribution in [3.05, 3.63) is 24.3 Å². The summed E-state index contributed by atoms with van der Waals surface area (Å²) in [6, 6.07) is 7.45. The second-order valence-corrected chi connectivity index (χ2v) is 8.61. The number of rotatable bonds is 4. The van der Waals surface area contributed by atoms with Crippen LogP contribution in [-0.2, 0) is 9.59 Å². The SMILES string of the molecule is O=C(C1COc2ccccc2O1)N1CCCN(C2CCN(CC3CC3)C2=O)CC1. The van der Waals surface area contributed by atoms with Gasteiger partial charge >= 0.3 is 0 Å². The smallest absolute Gasteiger partial charge is 0.267 e. The number of para-hydroxylation sites is 2. The van der Waals surface area contributed by atoms with Gasteiger partial charge < -0.3 is 19.3 Å². The fraction of sp³-hybridized carbons (Fsp3) is 0.636. The van der Waals surface area contributed by atoms with Gasteiger partial charge in [-0.2, -0.15) is 0 Å². The van der Waals surface area contributed by atoms with Gasteiger partial charge in [0.2, 0.25) is 12.0 Å². The van der Waals surface area contributed by atoms with Crippen molar-refractivity contribution in [1.82, 2.24) is 14.7 Å². The second-order valence-electron chi connectivity index (χ2n) is 8.61. The Hall–Kier alpha value is -2.28. The van der Waals surface area contributed by atoms with Crippen LogP contribution in [0.25, 0.3) is 0 Å². The highest BCUT2D eigenvalue weighted by molar-refractivity contribution is 5.84. The van der Waals surface area contributed by atoms with E-state index in [1.165, 1.54) is 12.8 Å². The van der Waals surface area contributed by atoms with E-state index in [1.54, 1.807) is 0 Å². The standard InChI is InChI=1S/C22H29N3O4/c26-21-17(8-11-25(21)14-16-6-7-16)23-9-3-10-24(13-12-23)22(27)20-15-28-18-4-1-2-5-19(18)29-20/h1-2,4-5,16-17,20H,3,6-15H2. The molecule has 2 amide bonds. The molecular formula is C22H29N3O4. The average molecular weight is 399 g/mol. The molecule has 0 N–H and O–H groups in total. The fourth-order valence-corrected chi connectivity index (χ4v) is 4.67. The molecular weight excluding hydrogens is 370 g/mol. The van der Waals surface area contributed by atoms with Crippen molar-refractivity contribution < 1.29 is 19.1 Å². The second kappa shape index (κ2) is 7.86. The molecule has 5 rings (SSSR count). The summed E-state index contributed by atoms with van der Waals surface area (Å²) in [6.07, 6.45) is 3.73. The van der Waals surface area contributed by atoms with Gasteiger partial charge in [0.05, 0.1) is 6.04 Å². The maximum absolute atomic E-state index is 13.0. The van der Waals surface area contributed by atoms with E-state index in [9.17, 15) is 9.59 Å². The summed E-state index contributed by atoms with van der Waals surface area (Å²) in [4.78, 5) is 32.1. The molecule has 3 fully saturated rings. The largest absolute Gasteiger partial charge is 0.485 e. The Morgan fingerprint density at radius 3 is 2.66 bits per heavy atom. The third-order valence-electron chi connectivity index (χ3n) is 6.51. The Morgan fingerprint density at radius 2 is 1.83 bits per heavy atom. The third-order valence-corrected chi connectivity index (χ3v) is 6.51. The molecule has 156 valence electrons. The summed E-state index contributed by atoms with van der Waals surface area (Å²) in [5, 5.41) is 0. The summed E-state index contributed by atoms with van der Waals surface area (Å²) in [7, 11) is 0. The van der Waals surface area contributed by atoms with Crippen LogP contribution in [-0.4, -0.2) is 84.5 Å². The molecule has 7 heteroatoms. The van der Waals surface area contributed by atoms with Gasteiger partial charge in [0.1, 0.15) is 6.61 Å². The first-order valence-electron chi connectivity index (χ1n) is 10.9. The van der Waals surface area contributed by atoms with Crippen molar-refractivity contribution in [3.63, 3.8) is 0 Å². The number of ether oxygens (including phenoxy) is 2. The van der Waals surface area contributed by atoms with Gasteiger partial charge in [-0.25, -0.2) is 0 Å². The number of amides is 2. The van der Waals surface area contributed by atoms with Crippen molar-refractivity contribution in [3.8, 4) is 11.5 Å². The highest BCUT2D eigenvalue weighted by Gasteiger charge is 2.39. The molecule has 1 aromatic rings. The van der Waals surface area contributed by atoms with E-state index < -0.39 is 6.10 Å². The topological polar surface area (TPSA) is 62.3 Å². The minimum atomic E-state index is -0.599. The van der Waals surface area contributed by atoms with Crippen LogP contribution in [0.4, 0.5) is 0 Å². The molecule has 3 heterocycles. The number of hydrogen-bond donors (Lipinski definition) is 0. The van der Waals surface area contributed by atoms with Gasteiger partial charge in [-0.15, -0.1) is 0 Å². The Labute approximate surface area is 171 Å². The van der Waals surface area contributed by atoms with Crippen molar-refractivity contribution in [2.24, 2.45) is 5.92 Å². The zero-order chi connectivity index (χ0) is 19.8. The number of likely N-dealkylation sites (tertiary alicyclic amines) is 1. The summed E-state index contributed by atoms with van der Waals surface area (Å²) in [6.45, 7) is 5.00. The van der Waals surface area contributed by atoms with E-state index in [-0.39, 0.29) is 24.5 Å². The lowest BCUT2D eigenvalue weighted by Crippen LogP contribution is -2.48. The minimum Gasteiger partial charge on any atom is -0.485 e. The lowest BCUT2D eigenvalue weighted by Gasteiger charge is -2.30. The van der Waals surface area contributed by atoms with E-state index >= 15 is 0 Å². The summed E-state index contributed by atoms with van der Waals surface area (Å²) >= 11 is 0. The first-order chi connectivity index (χ1) is 14.2. The van der Waals surface area contributed by atoms with Crippen LogP contribution in [0.2, 0.25) is 0 Å². The van der Waals surface area contributed by atoms with Crippen LogP contribution < -0.4 is 9.47 Å². The zero-order valence-corrected chi connectivity index (χ0v) is 16.8. The third kappa shape index (κ3) is 3.92. The molecule has 3 aliphatic heterocycles. The van der Waals surface area contributed by atoms with Crippen LogP contribution in [0.3, 0.4) is 0 Å². The number of carbonyl (C=O) groups is 2. The molecule has 1 saturated carbocycles. The highest BCUT2D eigenvalue weighted by atomic mass is 16.6. The summed E-state index contributed by atoms with van der Waals surface area (Å²) < 4.78 is 11.6. The monoisotopic (exact) mass is 399 g/mol. The van der Waals surface area contributed by atoms with Gasteiger partial charge in [-0.1, -0.05) is 12.1 Å². The van der Waals surface area contributed by atoms with Gasteiger partial charge in [-0.05, 0) is 43.7 Å². The minimum absolute atomic E-state index is 0.00931. The molecule has 7 nitrogen and oxygen atoms in total. The van der Waals surface area contributed by atoms with Gasteiger partial charge in [0.25, 0.3) is 5.91 Å². The van der Waals surface area contributed by atoms with Crippen LogP contribution >= 0.6 is 0 Å². The predicted molar refractivity (Wildman–Crippen MR) is 107 cm³/mol. The molecule has 0 aromatic heterocycles. The van der Waals surface area contributed by atoms with Crippen LogP contribution in [0.1, 0.15) is 25.7 Å².